The van der Waals surface area contributed by atoms with Crippen LogP contribution in [0.15, 0.2) is 30.5 Å². The summed E-state index contributed by atoms with van der Waals surface area (Å²) in [7, 11) is 0. The molecular formula is C13H12N2O. The Bertz CT molecular complexity index is 575. The molecule has 2 rings (SSSR count). The van der Waals surface area contributed by atoms with Gasteiger partial charge in [0.1, 0.15) is 0 Å². The van der Waals surface area contributed by atoms with E-state index in [0.29, 0.717) is 5.56 Å². The monoisotopic (exact) mass is 212 g/mol. The quantitative estimate of drug-likeness (QED) is 0.734. The van der Waals surface area contributed by atoms with Gasteiger partial charge in [0, 0.05) is 29.2 Å². The van der Waals surface area contributed by atoms with Crippen molar-refractivity contribution in [1.29, 1.82) is 5.26 Å². The standard InChI is InChI=1S/C13H12N2O/c1-2-15-9-11(13(16)7-8-14)10-5-3-4-6-12(10)15/h3-6,9H,2,7H2,1H3. The second-order valence-electron chi connectivity index (χ2n) is 3.60. The maximum Gasteiger partial charge on any atom is 0.179 e. The van der Waals surface area contributed by atoms with E-state index in [1.54, 1.807) is 0 Å². The summed E-state index contributed by atoms with van der Waals surface area (Å²) in [6.45, 7) is 2.85. The van der Waals surface area contributed by atoms with Gasteiger partial charge in [0.25, 0.3) is 0 Å². The minimum Gasteiger partial charge on any atom is -0.347 e. The van der Waals surface area contributed by atoms with Crippen molar-refractivity contribution in [1.82, 2.24) is 4.57 Å². The van der Waals surface area contributed by atoms with Gasteiger partial charge in [-0.05, 0) is 13.0 Å². The van der Waals surface area contributed by atoms with Gasteiger partial charge < -0.3 is 4.57 Å². The highest BCUT2D eigenvalue weighted by molar-refractivity contribution is 6.08. The van der Waals surface area contributed by atoms with Crippen LogP contribution in [0.3, 0.4) is 0 Å². The summed E-state index contributed by atoms with van der Waals surface area (Å²) in [5.74, 6) is -0.106. The second-order valence-corrected chi connectivity index (χ2v) is 3.60. The van der Waals surface area contributed by atoms with Crippen LogP contribution in [0.4, 0.5) is 0 Å². The number of nitrogens with zero attached hydrogens (tertiary/aromatic N) is 2. The molecule has 0 radical (unpaired) electrons. The second kappa shape index (κ2) is 4.19. The Hall–Kier alpha value is -2.08. The fraction of sp³-hybridized carbons (Fsp3) is 0.231. The number of benzene rings is 1. The predicted molar refractivity (Wildman–Crippen MR) is 62.2 cm³/mol. The Balaban J connectivity index is 2.63. The van der Waals surface area contributed by atoms with Crippen LogP contribution < -0.4 is 0 Å². The lowest BCUT2D eigenvalue weighted by molar-refractivity contribution is 0.0999. The molecule has 0 amide bonds. The average molecular weight is 212 g/mol. The zero-order valence-electron chi connectivity index (χ0n) is 9.10. The summed E-state index contributed by atoms with van der Waals surface area (Å²) < 4.78 is 2.03. The molecule has 1 aromatic carbocycles. The molecule has 0 aliphatic rings. The van der Waals surface area contributed by atoms with E-state index in [1.165, 1.54) is 0 Å². The van der Waals surface area contributed by atoms with Gasteiger partial charge in [-0.1, -0.05) is 18.2 Å². The van der Waals surface area contributed by atoms with Crippen LogP contribution in [-0.2, 0) is 6.54 Å². The number of rotatable bonds is 3. The lowest BCUT2D eigenvalue weighted by Crippen LogP contribution is -1.96. The molecule has 0 bridgehead atoms. The average Bonchev–Trinajstić information content (AvgIpc) is 2.68. The van der Waals surface area contributed by atoms with Crippen LogP contribution in [0.2, 0.25) is 0 Å². The molecule has 0 saturated heterocycles. The minimum absolute atomic E-state index is 0.0578. The van der Waals surface area contributed by atoms with Crippen LogP contribution in [-0.4, -0.2) is 10.4 Å². The van der Waals surface area contributed by atoms with Crippen molar-refractivity contribution in [2.75, 3.05) is 0 Å². The van der Waals surface area contributed by atoms with E-state index in [4.69, 9.17) is 5.26 Å². The van der Waals surface area contributed by atoms with Crippen molar-refractivity contribution < 1.29 is 4.79 Å². The molecule has 0 spiro atoms. The Morgan fingerprint density at radius 1 is 1.44 bits per heavy atom. The van der Waals surface area contributed by atoms with Crippen molar-refractivity contribution >= 4 is 16.7 Å². The number of hydrogen-bond donors (Lipinski definition) is 0. The molecule has 0 atom stereocenters. The lowest BCUT2D eigenvalue weighted by Gasteiger charge is -1.97. The first-order chi connectivity index (χ1) is 7.77. The summed E-state index contributed by atoms with van der Waals surface area (Å²) in [6.07, 6.45) is 1.78. The zero-order valence-corrected chi connectivity index (χ0v) is 9.10. The lowest BCUT2D eigenvalue weighted by atomic mass is 10.1. The highest BCUT2D eigenvalue weighted by Gasteiger charge is 2.13. The van der Waals surface area contributed by atoms with Crippen molar-refractivity contribution in [3.05, 3.63) is 36.0 Å². The fourth-order valence-corrected chi connectivity index (χ4v) is 1.90. The van der Waals surface area contributed by atoms with Crippen LogP contribution in [0, 0.1) is 11.3 Å². The number of para-hydroxylation sites is 1. The third kappa shape index (κ3) is 1.59. The van der Waals surface area contributed by atoms with Gasteiger partial charge in [-0.25, -0.2) is 0 Å². The molecule has 0 aliphatic carbocycles. The Kier molecular flexibility index (Phi) is 2.74. The van der Waals surface area contributed by atoms with Gasteiger partial charge in [0.15, 0.2) is 5.78 Å². The van der Waals surface area contributed by atoms with Gasteiger partial charge >= 0.3 is 0 Å². The Labute approximate surface area is 93.9 Å². The van der Waals surface area contributed by atoms with Crippen LogP contribution in [0.1, 0.15) is 23.7 Å². The van der Waals surface area contributed by atoms with Crippen molar-refractivity contribution in [3.8, 4) is 6.07 Å². The van der Waals surface area contributed by atoms with E-state index in [1.807, 2.05) is 48.0 Å². The largest absolute Gasteiger partial charge is 0.347 e. The molecule has 80 valence electrons. The Morgan fingerprint density at radius 3 is 2.88 bits per heavy atom. The van der Waals surface area contributed by atoms with Crippen molar-refractivity contribution in [2.45, 2.75) is 19.9 Å². The number of nitriles is 1. The van der Waals surface area contributed by atoms with Gasteiger partial charge in [0.05, 0.1) is 12.5 Å². The highest BCUT2D eigenvalue weighted by Crippen LogP contribution is 2.22. The van der Waals surface area contributed by atoms with E-state index in [-0.39, 0.29) is 12.2 Å². The summed E-state index contributed by atoms with van der Waals surface area (Å²) in [5, 5.41) is 9.49. The predicted octanol–water partition coefficient (Wildman–Crippen LogP) is 2.76. The van der Waals surface area contributed by atoms with E-state index < -0.39 is 0 Å². The van der Waals surface area contributed by atoms with Crippen LogP contribution in [0.25, 0.3) is 10.9 Å². The molecule has 3 heteroatoms. The number of aromatic nitrogens is 1. The number of fused-ring (bicyclic) bond motifs is 1. The minimum atomic E-state index is -0.106. The number of ketones is 1. The normalized spacial score (nSPS) is 10.2. The molecule has 3 nitrogen and oxygen atoms in total. The summed E-state index contributed by atoms with van der Waals surface area (Å²) >= 11 is 0. The first-order valence-corrected chi connectivity index (χ1v) is 5.26. The summed E-state index contributed by atoms with van der Waals surface area (Å²) in [5.41, 5.74) is 1.70. The molecule has 16 heavy (non-hydrogen) atoms. The van der Waals surface area contributed by atoms with Gasteiger partial charge in [-0.2, -0.15) is 5.26 Å². The third-order valence-electron chi connectivity index (χ3n) is 2.67. The maximum absolute atomic E-state index is 11.8. The molecule has 0 unspecified atom stereocenters. The highest BCUT2D eigenvalue weighted by atomic mass is 16.1. The zero-order chi connectivity index (χ0) is 11.5. The molecule has 1 aromatic heterocycles. The van der Waals surface area contributed by atoms with Crippen molar-refractivity contribution in [2.24, 2.45) is 0 Å². The van der Waals surface area contributed by atoms with Crippen LogP contribution in [0.5, 0.6) is 0 Å². The first-order valence-electron chi connectivity index (χ1n) is 5.26. The van der Waals surface area contributed by atoms with E-state index in [9.17, 15) is 4.79 Å². The molecular weight excluding hydrogens is 200 g/mol. The fourth-order valence-electron chi connectivity index (χ4n) is 1.90. The number of hydrogen-bond acceptors (Lipinski definition) is 2. The molecule has 0 saturated carbocycles. The molecule has 1 heterocycles. The molecule has 0 fully saturated rings. The van der Waals surface area contributed by atoms with E-state index >= 15 is 0 Å². The van der Waals surface area contributed by atoms with Crippen molar-refractivity contribution in [3.63, 3.8) is 0 Å². The molecule has 0 aliphatic heterocycles. The SMILES string of the molecule is CCn1cc(C(=O)CC#N)c2ccccc21. The van der Waals surface area contributed by atoms with Crippen LogP contribution >= 0.6 is 0 Å². The number of aryl methyl sites for hydroxylation is 1. The number of carbonyl (C=O) groups is 1. The molecule has 0 N–H and O–H groups in total. The topological polar surface area (TPSA) is 45.8 Å². The van der Waals surface area contributed by atoms with E-state index in [2.05, 4.69) is 0 Å². The molecule has 2 aromatic rings. The Morgan fingerprint density at radius 2 is 2.19 bits per heavy atom. The van der Waals surface area contributed by atoms with Gasteiger partial charge in [-0.15, -0.1) is 0 Å². The summed E-state index contributed by atoms with van der Waals surface area (Å²) in [4.78, 5) is 11.8. The van der Waals surface area contributed by atoms with Gasteiger partial charge in [0.2, 0.25) is 0 Å². The summed E-state index contributed by atoms with van der Waals surface area (Å²) in [6, 6.07) is 9.67. The smallest absolute Gasteiger partial charge is 0.179 e. The third-order valence-corrected chi connectivity index (χ3v) is 2.67. The number of carbonyl (C=O) groups excluding carboxylic acids is 1. The first kappa shape index (κ1) is 10.4. The maximum atomic E-state index is 11.8. The van der Waals surface area contributed by atoms with Gasteiger partial charge in [-0.3, -0.25) is 4.79 Å². The number of Topliss-reactive ketones (excluding diaryl/α,β-unsaturated/α-hetero) is 1. The van der Waals surface area contributed by atoms with E-state index in [0.717, 1.165) is 17.4 Å².